The van der Waals surface area contributed by atoms with Gasteiger partial charge in [-0.25, -0.2) is 4.79 Å². The zero-order chi connectivity index (χ0) is 16.5. The summed E-state index contributed by atoms with van der Waals surface area (Å²) >= 11 is 0. The molecule has 0 saturated heterocycles. The third-order valence-corrected chi connectivity index (χ3v) is 2.33. The Hall–Kier alpha value is -3.11. The van der Waals surface area contributed by atoms with Crippen LogP contribution in [0, 0.1) is 20.2 Å². The molecular formula is C11H12N2O9. The molecule has 0 aliphatic rings. The number of carbonyl (C=O) groups is 1. The first-order valence-corrected chi connectivity index (χ1v) is 5.82. The van der Waals surface area contributed by atoms with Gasteiger partial charge in [-0.1, -0.05) is 12.1 Å². The second-order valence-electron chi connectivity index (χ2n) is 3.77. The molecule has 1 aromatic carbocycles. The van der Waals surface area contributed by atoms with Gasteiger partial charge in [-0.2, -0.15) is 0 Å². The highest BCUT2D eigenvalue weighted by atomic mass is 17.0. The van der Waals surface area contributed by atoms with Crippen LogP contribution in [0.3, 0.4) is 0 Å². The van der Waals surface area contributed by atoms with Gasteiger partial charge in [0.15, 0.2) is 6.10 Å². The first-order chi connectivity index (χ1) is 10.4. The zero-order valence-electron chi connectivity index (χ0n) is 11.4. The molecule has 0 saturated carbocycles. The van der Waals surface area contributed by atoms with Crippen molar-refractivity contribution in [1.82, 2.24) is 0 Å². The standard InChI is InChI=1S/C11H12N2O9/c1-19-10-5-3-2-4-9(10)11(14)20-6-8(22-13(17)18)7-21-12(15)16/h2-5,8H,6-7H2,1H3. The highest BCUT2D eigenvalue weighted by molar-refractivity contribution is 5.92. The van der Waals surface area contributed by atoms with Gasteiger partial charge in [-0.15, -0.1) is 20.2 Å². The van der Waals surface area contributed by atoms with Gasteiger partial charge >= 0.3 is 5.97 Å². The van der Waals surface area contributed by atoms with Crippen molar-refractivity contribution in [2.24, 2.45) is 0 Å². The van der Waals surface area contributed by atoms with Crippen molar-refractivity contribution in [2.45, 2.75) is 6.10 Å². The number of hydrogen-bond donors (Lipinski definition) is 0. The maximum Gasteiger partial charge on any atom is 0.341 e. The summed E-state index contributed by atoms with van der Waals surface area (Å²) in [5.74, 6) is -0.573. The molecule has 0 spiro atoms. The lowest BCUT2D eigenvalue weighted by molar-refractivity contribution is -0.790. The maximum absolute atomic E-state index is 11.9. The summed E-state index contributed by atoms with van der Waals surface area (Å²) in [6.45, 7) is -1.36. The van der Waals surface area contributed by atoms with Crippen LogP contribution < -0.4 is 4.74 Å². The molecule has 22 heavy (non-hydrogen) atoms. The van der Waals surface area contributed by atoms with Crippen LogP contribution in [0.1, 0.15) is 10.4 Å². The number of rotatable bonds is 9. The Morgan fingerprint density at radius 1 is 1.18 bits per heavy atom. The minimum atomic E-state index is -1.43. The molecule has 0 amide bonds. The normalized spacial score (nSPS) is 11.1. The summed E-state index contributed by atoms with van der Waals surface area (Å²) in [5, 5.41) is 18.0. The minimum Gasteiger partial charge on any atom is -0.496 e. The summed E-state index contributed by atoms with van der Waals surface area (Å²) in [4.78, 5) is 40.3. The van der Waals surface area contributed by atoms with Gasteiger partial charge in [0.05, 0.1) is 7.11 Å². The molecule has 0 fully saturated rings. The fraction of sp³-hybridized carbons (Fsp3) is 0.364. The second-order valence-corrected chi connectivity index (χ2v) is 3.77. The SMILES string of the molecule is COc1ccccc1C(=O)OCC(CO[N+](=O)[O-])O[N+](=O)[O-]. The molecule has 11 nitrogen and oxygen atoms in total. The van der Waals surface area contributed by atoms with Crippen LogP contribution in [-0.4, -0.2) is 42.6 Å². The van der Waals surface area contributed by atoms with E-state index in [1.54, 1.807) is 12.1 Å². The molecular weight excluding hydrogens is 304 g/mol. The monoisotopic (exact) mass is 316 g/mol. The predicted molar refractivity (Wildman–Crippen MR) is 68.1 cm³/mol. The van der Waals surface area contributed by atoms with Crippen molar-refractivity contribution in [3.05, 3.63) is 50.1 Å². The molecule has 0 radical (unpaired) electrons. The second kappa shape index (κ2) is 8.24. The van der Waals surface area contributed by atoms with Crippen molar-refractivity contribution >= 4 is 5.97 Å². The van der Waals surface area contributed by atoms with Gasteiger partial charge < -0.3 is 19.1 Å². The fourth-order valence-corrected chi connectivity index (χ4v) is 1.43. The number of para-hydroxylation sites is 1. The number of hydrogen-bond acceptors (Lipinski definition) is 9. The summed E-state index contributed by atoms with van der Waals surface area (Å²) in [5.41, 5.74) is 0.0973. The number of nitrogens with zero attached hydrogens (tertiary/aromatic N) is 2. The van der Waals surface area contributed by atoms with E-state index in [2.05, 4.69) is 9.68 Å². The Morgan fingerprint density at radius 3 is 2.45 bits per heavy atom. The van der Waals surface area contributed by atoms with E-state index < -0.39 is 35.5 Å². The molecule has 0 bridgehead atoms. The van der Waals surface area contributed by atoms with Crippen LogP contribution in [0.2, 0.25) is 0 Å². The number of carbonyl (C=O) groups excluding carboxylic acids is 1. The van der Waals surface area contributed by atoms with Crippen LogP contribution >= 0.6 is 0 Å². The number of methoxy groups -OCH3 is 1. The Balaban J connectivity index is 2.64. The van der Waals surface area contributed by atoms with E-state index in [0.29, 0.717) is 0 Å². The lowest BCUT2D eigenvalue weighted by atomic mass is 10.2. The molecule has 0 aliphatic heterocycles. The molecule has 0 aromatic heterocycles. The summed E-state index contributed by atoms with van der Waals surface area (Å²) in [6, 6.07) is 6.16. The number of esters is 1. The van der Waals surface area contributed by atoms with Gasteiger partial charge in [-0.3, -0.25) is 0 Å². The van der Waals surface area contributed by atoms with Crippen LogP contribution in [0.5, 0.6) is 5.75 Å². The Kier molecular flexibility index (Phi) is 6.34. The third-order valence-electron chi connectivity index (χ3n) is 2.33. The van der Waals surface area contributed by atoms with Gasteiger partial charge in [-0.05, 0) is 12.1 Å². The molecule has 1 atom stereocenters. The molecule has 0 aliphatic carbocycles. The maximum atomic E-state index is 11.9. The molecule has 1 unspecified atom stereocenters. The quantitative estimate of drug-likeness (QED) is 0.364. The molecule has 1 aromatic rings. The Labute approximate surface area is 123 Å². The van der Waals surface area contributed by atoms with Crippen molar-refractivity contribution < 1.29 is 34.1 Å². The summed E-state index contributed by atoms with van der Waals surface area (Å²) in [6.07, 6.45) is -1.43. The van der Waals surface area contributed by atoms with Gasteiger partial charge in [0.1, 0.15) is 24.5 Å². The molecule has 11 heteroatoms. The molecule has 0 N–H and O–H groups in total. The van der Waals surface area contributed by atoms with Crippen molar-refractivity contribution in [1.29, 1.82) is 0 Å². The predicted octanol–water partition coefficient (Wildman–Crippen LogP) is 0.637. The van der Waals surface area contributed by atoms with E-state index in [4.69, 9.17) is 9.47 Å². The van der Waals surface area contributed by atoms with Crippen molar-refractivity contribution in [2.75, 3.05) is 20.3 Å². The highest BCUT2D eigenvalue weighted by Crippen LogP contribution is 2.18. The minimum absolute atomic E-state index is 0.0973. The molecule has 120 valence electrons. The zero-order valence-corrected chi connectivity index (χ0v) is 11.4. The molecule has 0 heterocycles. The highest BCUT2D eigenvalue weighted by Gasteiger charge is 2.20. The van der Waals surface area contributed by atoms with Gasteiger partial charge in [0.25, 0.3) is 10.2 Å². The largest absolute Gasteiger partial charge is 0.496 e. The Bertz CT molecular complexity index is 548. The first-order valence-electron chi connectivity index (χ1n) is 5.82. The van der Waals surface area contributed by atoms with Crippen LogP contribution in [0.4, 0.5) is 0 Å². The van der Waals surface area contributed by atoms with Crippen LogP contribution in [0.25, 0.3) is 0 Å². The summed E-state index contributed by atoms with van der Waals surface area (Å²) < 4.78 is 9.78. The summed E-state index contributed by atoms with van der Waals surface area (Å²) in [7, 11) is 1.36. The number of benzene rings is 1. The van der Waals surface area contributed by atoms with E-state index in [-0.39, 0.29) is 11.3 Å². The van der Waals surface area contributed by atoms with Crippen molar-refractivity contribution in [3.63, 3.8) is 0 Å². The topological polar surface area (TPSA) is 140 Å². The Morgan fingerprint density at radius 2 is 1.86 bits per heavy atom. The lowest BCUT2D eigenvalue weighted by Gasteiger charge is -2.14. The average Bonchev–Trinajstić information content (AvgIpc) is 2.49. The first kappa shape index (κ1) is 16.9. The van der Waals surface area contributed by atoms with Gasteiger partial charge in [0.2, 0.25) is 0 Å². The van der Waals surface area contributed by atoms with E-state index >= 15 is 0 Å². The van der Waals surface area contributed by atoms with Gasteiger partial charge in [0, 0.05) is 0 Å². The molecule has 1 rings (SSSR count). The number of ether oxygens (including phenoxy) is 2. The van der Waals surface area contributed by atoms with E-state index in [9.17, 15) is 25.0 Å². The average molecular weight is 316 g/mol. The van der Waals surface area contributed by atoms with E-state index in [1.807, 2.05) is 0 Å². The van der Waals surface area contributed by atoms with Crippen LogP contribution in [-0.2, 0) is 14.4 Å². The van der Waals surface area contributed by atoms with Crippen LogP contribution in [0.15, 0.2) is 24.3 Å². The van der Waals surface area contributed by atoms with Crippen molar-refractivity contribution in [3.8, 4) is 5.75 Å². The third kappa shape index (κ3) is 5.48. The lowest BCUT2D eigenvalue weighted by Crippen LogP contribution is -2.30. The smallest absolute Gasteiger partial charge is 0.341 e. The van der Waals surface area contributed by atoms with E-state index in [0.717, 1.165) is 0 Å². The van der Waals surface area contributed by atoms with E-state index in [1.165, 1.54) is 19.2 Å². The fourth-order valence-electron chi connectivity index (χ4n) is 1.43.